The van der Waals surface area contributed by atoms with E-state index in [2.05, 4.69) is 12.2 Å². The van der Waals surface area contributed by atoms with Crippen molar-refractivity contribution in [1.29, 1.82) is 0 Å². The lowest BCUT2D eigenvalue weighted by atomic mass is 9.91. The zero-order valence-electron chi connectivity index (χ0n) is 12.4. The number of nitrogens with one attached hydrogen (secondary N) is 1. The number of sulfonamides is 1. The highest BCUT2D eigenvalue weighted by atomic mass is 32.2. The van der Waals surface area contributed by atoms with Crippen LogP contribution in [-0.4, -0.2) is 38.1 Å². The van der Waals surface area contributed by atoms with Crippen LogP contribution in [0.3, 0.4) is 0 Å². The average molecular weight is 300 g/mol. The molecule has 0 bridgehead atoms. The van der Waals surface area contributed by atoms with Gasteiger partial charge in [0, 0.05) is 19.1 Å². The smallest absolute Gasteiger partial charge is 0.211 e. The van der Waals surface area contributed by atoms with Gasteiger partial charge in [-0.2, -0.15) is 0 Å². The molecule has 1 saturated heterocycles. The molecule has 6 heteroatoms. The molecule has 2 atom stereocenters. The van der Waals surface area contributed by atoms with Crippen LogP contribution in [0.1, 0.15) is 31.1 Å². The van der Waals surface area contributed by atoms with E-state index in [1.54, 1.807) is 10.6 Å². The van der Waals surface area contributed by atoms with E-state index in [4.69, 9.17) is 4.42 Å². The minimum absolute atomic E-state index is 0.350. The molecule has 1 aromatic rings. The van der Waals surface area contributed by atoms with Crippen molar-refractivity contribution in [1.82, 2.24) is 9.62 Å². The zero-order valence-corrected chi connectivity index (χ0v) is 13.2. The Kier molecular flexibility index (Phi) is 4.88. The highest BCUT2D eigenvalue weighted by Crippen LogP contribution is 2.22. The standard InChI is InChI=1S/C14H24N2O3S/c1-4-12-10-16(20(3,17)18)7-5-13(12)15-9-14-11(2)6-8-19-14/h6,8,12-13,15H,4-5,7,9-10H2,1-3H3/t12-,13+/m1/s1. The van der Waals surface area contributed by atoms with Crippen LogP contribution in [0, 0.1) is 12.8 Å². The van der Waals surface area contributed by atoms with Crippen LogP contribution in [0.2, 0.25) is 0 Å². The summed E-state index contributed by atoms with van der Waals surface area (Å²) in [6, 6.07) is 2.31. The number of rotatable bonds is 5. The Hall–Kier alpha value is -0.850. The molecule has 0 spiro atoms. The molecule has 1 N–H and O–H groups in total. The van der Waals surface area contributed by atoms with E-state index in [0.29, 0.717) is 31.6 Å². The van der Waals surface area contributed by atoms with Gasteiger partial charge in [0.25, 0.3) is 0 Å². The number of furan rings is 1. The number of aryl methyl sites for hydroxylation is 1. The van der Waals surface area contributed by atoms with Crippen LogP contribution in [0.4, 0.5) is 0 Å². The zero-order chi connectivity index (χ0) is 14.8. The molecule has 20 heavy (non-hydrogen) atoms. The predicted octanol–water partition coefficient (Wildman–Crippen LogP) is 1.74. The topological polar surface area (TPSA) is 62.6 Å². The normalized spacial score (nSPS) is 24.9. The molecule has 5 nitrogen and oxygen atoms in total. The van der Waals surface area contributed by atoms with Crippen LogP contribution >= 0.6 is 0 Å². The first-order chi connectivity index (χ1) is 9.41. The molecule has 0 radical (unpaired) electrons. The van der Waals surface area contributed by atoms with Crippen molar-refractivity contribution in [2.45, 2.75) is 39.3 Å². The van der Waals surface area contributed by atoms with Crippen molar-refractivity contribution in [3.8, 4) is 0 Å². The van der Waals surface area contributed by atoms with E-state index in [0.717, 1.165) is 24.2 Å². The Labute approximate surface area is 121 Å². The van der Waals surface area contributed by atoms with Gasteiger partial charge in [-0.15, -0.1) is 0 Å². The van der Waals surface area contributed by atoms with Crippen LogP contribution < -0.4 is 5.32 Å². The Morgan fingerprint density at radius 2 is 2.25 bits per heavy atom. The second-order valence-corrected chi connectivity index (χ2v) is 7.57. The minimum atomic E-state index is -3.07. The minimum Gasteiger partial charge on any atom is -0.468 e. The van der Waals surface area contributed by atoms with Crippen LogP contribution in [0.5, 0.6) is 0 Å². The average Bonchev–Trinajstić information content (AvgIpc) is 2.80. The quantitative estimate of drug-likeness (QED) is 0.899. The van der Waals surface area contributed by atoms with Gasteiger partial charge in [0.15, 0.2) is 0 Å². The fourth-order valence-corrected chi connectivity index (χ4v) is 3.69. The van der Waals surface area contributed by atoms with Crippen LogP contribution in [0.25, 0.3) is 0 Å². The maximum atomic E-state index is 11.6. The van der Waals surface area contributed by atoms with Gasteiger partial charge in [0.2, 0.25) is 10.0 Å². The number of nitrogens with zero attached hydrogens (tertiary/aromatic N) is 1. The lowest BCUT2D eigenvalue weighted by molar-refractivity contribution is 0.199. The molecule has 0 unspecified atom stereocenters. The van der Waals surface area contributed by atoms with Gasteiger partial charge in [-0.25, -0.2) is 12.7 Å². The van der Waals surface area contributed by atoms with Crippen molar-refractivity contribution >= 4 is 10.0 Å². The molecule has 0 aromatic carbocycles. The number of hydrogen-bond donors (Lipinski definition) is 1. The highest BCUT2D eigenvalue weighted by Gasteiger charge is 2.31. The number of hydrogen-bond acceptors (Lipinski definition) is 4. The number of piperidine rings is 1. The lowest BCUT2D eigenvalue weighted by Crippen LogP contribution is -2.50. The molecule has 2 rings (SSSR count). The summed E-state index contributed by atoms with van der Waals surface area (Å²) in [5, 5.41) is 3.52. The van der Waals surface area contributed by atoms with E-state index in [1.807, 2.05) is 13.0 Å². The summed E-state index contributed by atoms with van der Waals surface area (Å²) in [4.78, 5) is 0. The second kappa shape index (κ2) is 6.28. The fraction of sp³-hybridized carbons (Fsp3) is 0.714. The molecule has 1 aromatic heterocycles. The Morgan fingerprint density at radius 3 is 2.80 bits per heavy atom. The first-order valence-electron chi connectivity index (χ1n) is 7.13. The molecular formula is C14H24N2O3S. The van der Waals surface area contributed by atoms with E-state index >= 15 is 0 Å². The summed E-state index contributed by atoms with van der Waals surface area (Å²) in [5.74, 6) is 1.32. The molecule has 0 aliphatic carbocycles. The van der Waals surface area contributed by atoms with Gasteiger partial charge in [-0.1, -0.05) is 13.3 Å². The monoisotopic (exact) mass is 300 g/mol. The van der Waals surface area contributed by atoms with Gasteiger partial charge < -0.3 is 9.73 Å². The van der Waals surface area contributed by atoms with Crippen LogP contribution in [-0.2, 0) is 16.6 Å². The largest absolute Gasteiger partial charge is 0.468 e. The van der Waals surface area contributed by atoms with Gasteiger partial charge >= 0.3 is 0 Å². The highest BCUT2D eigenvalue weighted by molar-refractivity contribution is 7.88. The summed E-state index contributed by atoms with van der Waals surface area (Å²) in [5.41, 5.74) is 1.15. The molecule has 0 saturated carbocycles. The molecule has 1 aliphatic heterocycles. The Bertz CT molecular complexity index is 538. The third-order valence-corrected chi connectivity index (χ3v) is 5.45. The first kappa shape index (κ1) is 15.5. The van der Waals surface area contributed by atoms with Crippen molar-refractivity contribution < 1.29 is 12.8 Å². The molecule has 1 aliphatic rings. The van der Waals surface area contributed by atoms with Gasteiger partial charge in [0.05, 0.1) is 19.1 Å². The lowest BCUT2D eigenvalue weighted by Gasteiger charge is -2.37. The Balaban J connectivity index is 1.94. The summed E-state index contributed by atoms with van der Waals surface area (Å²) >= 11 is 0. The van der Waals surface area contributed by atoms with E-state index < -0.39 is 10.0 Å². The molecular weight excluding hydrogens is 276 g/mol. The third kappa shape index (κ3) is 3.62. The van der Waals surface area contributed by atoms with Crippen molar-refractivity contribution in [3.05, 3.63) is 23.7 Å². The van der Waals surface area contributed by atoms with Crippen LogP contribution in [0.15, 0.2) is 16.7 Å². The maximum Gasteiger partial charge on any atom is 0.211 e. The van der Waals surface area contributed by atoms with Gasteiger partial charge in [-0.05, 0) is 30.9 Å². The van der Waals surface area contributed by atoms with Crippen molar-refractivity contribution in [2.75, 3.05) is 19.3 Å². The first-order valence-corrected chi connectivity index (χ1v) is 8.98. The SMILES string of the molecule is CC[C@@H]1CN(S(C)(=O)=O)CC[C@@H]1NCc1occc1C. The van der Waals surface area contributed by atoms with E-state index in [1.165, 1.54) is 6.26 Å². The van der Waals surface area contributed by atoms with E-state index in [9.17, 15) is 8.42 Å². The summed E-state index contributed by atoms with van der Waals surface area (Å²) in [6.07, 6.45) is 4.82. The van der Waals surface area contributed by atoms with E-state index in [-0.39, 0.29) is 0 Å². The second-order valence-electron chi connectivity index (χ2n) is 5.59. The maximum absolute atomic E-state index is 11.6. The summed E-state index contributed by atoms with van der Waals surface area (Å²) < 4.78 is 30.3. The predicted molar refractivity (Wildman–Crippen MR) is 78.9 cm³/mol. The van der Waals surface area contributed by atoms with Gasteiger partial charge in [0.1, 0.15) is 5.76 Å². The molecule has 114 valence electrons. The molecule has 0 amide bonds. The summed E-state index contributed by atoms with van der Waals surface area (Å²) in [6.45, 7) is 6.07. The Morgan fingerprint density at radius 1 is 1.50 bits per heavy atom. The van der Waals surface area contributed by atoms with Crippen molar-refractivity contribution in [3.63, 3.8) is 0 Å². The van der Waals surface area contributed by atoms with Crippen molar-refractivity contribution in [2.24, 2.45) is 5.92 Å². The van der Waals surface area contributed by atoms with Gasteiger partial charge in [-0.3, -0.25) is 0 Å². The third-order valence-electron chi connectivity index (χ3n) is 4.18. The summed E-state index contributed by atoms with van der Waals surface area (Å²) in [7, 11) is -3.07. The molecule has 2 heterocycles. The fourth-order valence-electron chi connectivity index (χ4n) is 2.79. The molecule has 1 fully saturated rings.